The summed E-state index contributed by atoms with van der Waals surface area (Å²) in [5.74, 6) is 1.80. The maximum absolute atomic E-state index is 5.50. The molecule has 0 atom stereocenters. The third-order valence-electron chi connectivity index (χ3n) is 4.56. The standard InChI is InChI=1S/C16H20N6O.2ClH/c17-8-15-20-14(21-23-15)10-22-6-3-11(4-7-22)13-9-19-16-12(13)2-1-5-18-16;;/h1-2,5,9,11H,3-4,6-8,10,17H2,(H,18,19);2*1H. The normalized spacial score (nSPS) is 15.7. The number of hydrogen-bond acceptors (Lipinski definition) is 6. The molecule has 9 heteroatoms. The van der Waals surface area contributed by atoms with E-state index in [2.05, 4.69) is 37.3 Å². The van der Waals surface area contributed by atoms with Crippen LogP contribution in [-0.4, -0.2) is 38.1 Å². The van der Waals surface area contributed by atoms with Crippen LogP contribution in [0.15, 0.2) is 29.0 Å². The minimum atomic E-state index is 0. The van der Waals surface area contributed by atoms with Crippen LogP contribution in [0.25, 0.3) is 11.0 Å². The van der Waals surface area contributed by atoms with E-state index in [9.17, 15) is 0 Å². The van der Waals surface area contributed by atoms with Gasteiger partial charge in [-0.15, -0.1) is 24.8 Å². The van der Waals surface area contributed by atoms with Gasteiger partial charge in [-0.2, -0.15) is 4.98 Å². The average Bonchev–Trinajstić information content (AvgIpc) is 3.22. The smallest absolute Gasteiger partial charge is 0.240 e. The van der Waals surface area contributed by atoms with Gasteiger partial charge in [-0.3, -0.25) is 4.90 Å². The SMILES string of the molecule is Cl.Cl.NCc1nc(CN2CCC(c3c[nH]c4ncccc34)CC2)no1. The Balaban J connectivity index is 0.00000113. The molecule has 1 fully saturated rings. The summed E-state index contributed by atoms with van der Waals surface area (Å²) in [6.07, 6.45) is 6.20. The van der Waals surface area contributed by atoms with Crippen LogP contribution in [0.4, 0.5) is 0 Å². The molecule has 7 nitrogen and oxygen atoms in total. The summed E-state index contributed by atoms with van der Waals surface area (Å²) < 4.78 is 5.06. The number of piperidine rings is 1. The van der Waals surface area contributed by atoms with Gasteiger partial charge in [-0.25, -0.2) is 4.98 Å². The van der Waals surface area contributed by atoms with Crippen molar-refractivity contribution in [3.63, 3.8) is 0 Å². The fraction of sp³-hybridized carbons (Fsp3) is 0.438. The molecule has 0 unspecified atom stereocenters. The van der Waals surface area contributed by atoms with Gasteiger partial charge in [0, 0.05) is 17.8 Å². The maximum Gasteiger partial charge on any atom is 0.240 e. The Hall–Kier alpha value is -1.67. The number of hydrogen-bond donors (Lipinski definition) is 2. The minimum absolute atomic E-state index is 0. The molecule has 4 heterocycles. The second kappa shape index (κ2) is 8.62. The Labute approximate surface area is 158 Å². The first kappa shape index (κ1) is 19.7. The van der Waals surface area contributed by atoms with Crippen LogP contribution in [0.3, 0.4) is 0 Å². The van der Waals surface area contributed by atoms with Crippen molar-refractivity contribution in [3.8, 4) is 0 Å². The summed E-state index contributed by atoms with van der Waals surface area (Å²) in [7, 11) is 0. The summed E-state index contributed by atoms with van der Waals surface area (Å²) in [5.41, 5.74) is 7.86. The van der Waals surface area contributed by atoms with Crippen molar-refractivity contribution < 1.29 is 4.52 Å². The molecule has 0 aromatic carbocycles. The molecule has 136 valence electrons. The number of H-pyrrole nitrogens is 1. The van der Waals surface area contributed by atoms with Crippen molar-refractivity contribution in [2.24, 2.45) is 5.73 Å². The van der Waals surface area contributed by atoms with Crippen molar-refractivity contribution in [2.75, 3.05) is 13.1 Å². The second-order valence-corrected chi connectivity index (χ2v) is 6.00. The molecule has 0 spiro atoms. The third kappa shape index (κ3) is 4.12. The zero-order chi connectivity index (χ0) is 15.6. The van der Waals surface area contributed by atoms with Gasteiger partial charge in [0.25, 0.3) is 0 Å². The summed E-state index contributed by atoms with van der Waals surface area (Å²) in [6, 6.07) is 4.15. The lowest BCUT2D eigenvalue weighted by atomic mass is 9.89. The Bertz CT molecular complexity index is 797. The van der Waals surface area contributed by atoms with Gasteiger partial charge in [0.1, 0.15) is 5.65 Å². The Morgan fingerprint density at radius 3 is 2.80 bits per heavy atom. The molecule has 0 saturated carbocycles. The number of halogens is 2. The average molecular weight is 385 g/mol. The van der Waals surface area contributed by atoms with Gasteiger partial charge in [-0.05, 0) is 49.5 Å². The predicted molar refractivity (Wildman–Crippen MR) is 100 cm³/mol. The third-order valence-corrected chi connectivity index (χ3v) is 4.56. The lowest BCUT2D eigenvalue weighted by Crippen LogP contribution is -2.32. The number of nitrogens with two attached hydrogens (primary N) is 1. The number of pyridine rings is 1. The highest BCUT2D eigenvalue weighted by molar-refractivity contribution is 5.85. The molecule has 1 saturated heterocycles. The molecule has 1 aliphatic rings. The van der Waals surface area contributed by atoms with Crippen molar-refractivity contribution in [1.82, 2.24) is 25.0 Å². The predicted octanol–water partition coefficient (Wildman–Crippen LogP) is 2.63. The molecule has 3 aromatic heterocycles. The first-order valence-electron chi connectivity index (χ1n) is 7.99. The molecule has 1 aliphatic heterocycles. The van der Waals surface area contributed by atoms with Crippen molar-refractivity contribution in [1.29, 1.82) is 0 Å². The van der Waals surface area contributed by atoms with E-state index in [0.29, 0.717) is 18.4 Å². The quantitative estimate of drug-likeness (QED) is 0.717. The highest BCUT2D eigenvalue weighted by Crippen LogP contribution is 2.32. The maximum atomic E-state index is 5.50. The number of aromatic amines is 1. The highest BCUT2D eigenvalue weighted by atomic mass is 35.5. The van der Waals surface area contributed by atoms with Gasteiger partial charge in [0.05, 0.1) is 13.1 Å². The first-order valence-corrected chi connectivity index (χ1v) is 7.99. The highest BCUT2D eigenvalue weighted by Gasteiger charge is 2.23. The minimum Gasteiger partial charge on any atom is -0.346 e. The van der Waals surface area contributed by atoms with E-state index in [1.165, 1.54) is 10.9 Å². The molecular weight excluding hydrogens is 363 g/mol. The van der Waals surface area contributed by atoms with E-state index in [-0.39, 0.29) is 24.8 Å². The topological polar surface area (TPSA) is 96.9 Å². The molecular formula is C16H22Cl2N6O. The van der Waals surface area contributed by atoms with Crippen molar-refractivity contribution in [3.05, 3.63) is 41.8 Å². The summed E-state index contributed by atoms with van der Waals surface area (Å²) in [5, 5.41) is 5.22. The van der Waals surface area contributed by atoms with Crippen LogP contribution in [0.1, 0.15) is 36.0 Å². The summed E-state index contributed by atoms with van der Waals surface area (Å²) in [4.78, 5) is 14.3. The van der Waals surface area contributed by atoms with Crippen LogP contribution < -0.4 is 5.73 Å². The van der Waals surface area contributed by atoms with Gasteiger partial charge < -0.3 is 15.2 Å². The monoisotopic (exact) mass is 384 g/mol. The number of nitrogens with one attached hydrogen (secondary N) is 1. The van der Waals surface area contributed by atoms with E-state index in [1.807, 2.05) is 12.3 Å². The van der Waals surface area contributed by atoms with Gasteiger partial charge in [-0.1, -0.05) is 5.16 Å². The van der Waals surface area contributed by atoms with Crippen LogP contribution in [0.2, 0.25) is 0 Å². The fourth-order valence-corrected chi connectivity index (χ4v) is 3.35. The number of aromatic nitrogens is 4. The van der Waals surface area contributed by atoms with E-state index in [0.717, 1.165) is 43.9 Å². The number of fused-ring (bicyclic) bond motifs is 1. The van der Waals surface area contributed by atoms with Crippen molar-refractivity contribution in [2.45, 2.75) is 31.8 Å². The first-order chi connectivity index (χ1) is 11.3. The van der Waals surface area contributed by atoms with Crippen LogP contribution in [0.5, 0.6) is 0 Å². The summed E-state index contributed by atoms with van der Waals surface area (Å²) in [6.45, 7) is 3.09. The van der Waals surface area contributed by atoms with Crippen LogP contribution in [0, 0.1) is 0 Å². The van der Waals surface area contributed by atoms with E-state index >= 15 is 0 Å². The molecule has 25 heavy (non-hydrogen) atoms. The van der Waals surface area contributed by atoms with E-state index in [4.69, 9.17) is 10.3 Å². The molecule has 0 amide bonds. The summed E-state index contributed by atoms with van der Waals surface area (Å²) >= 11 is 0. The van der Waals surface area contributed by atoms with Gasteiger partial charge >= 0.3 is 0 Å². The largest absolute Gasteiger partial charge is 0.346 e. The Kier molecular flexibility index (Phi) is 6.78. The second-order valence-electron chi connectivity index (χ2n) is 6.00. The molecule has 0 radical (unpaired) electrons. The molecule has 0 aliphatic carbocycles. The van der Waals surface area contributed by atoms with Crippen molar-refractivity contribution >= 4 is 35.8 Å². The Morgan fingerprint density at radius 1 is 1.28 bits per heavy atom. The zero-order valence-electron chi connectivity index (χ0n) is 13.7. The van der Waals surface area contributed by atoms with Gasteiger partial charge in [0.15, 0.2) is 5.82 Å². The molecule has 3 aromatic rings. The lowest BCUT2D eigenvalue weighted by molar-refractivity contribution is 0.198. The van der Waals surface area contributed by atoms with E-state index in [1.54, 1.807) is 0 Å². The van der Waals surface area contributed by atoms with Crippen LogP contribution >= 0.6 is 24.8 Å². The number of nitrogens with zero attached hydrogens (tertiary/aromatic N) is 4. The molecule has 4 rings (SSSR count). The molecule has 3 N–H and O–H groups in total. The molecule has 0 bridgehead atoms. The number of likely N-dealkylation sites (tertiary alicyclic amines) is 1. The van der Waals surface area contributed by atoms with E-state index < -0.39 is 0 Å². The Morgan fingerprint density at radius 2 is 2.08 bits per heavy atom. The zero-order valence-corrected chi connectivity index (χ0v) is 15.4. The fourth-order valence-electron chi connectivity index (χ4n) is 3.35. The van der Waals surface area contributed by atoms with Crippen LogP contribution in [-0.2, 0) is 13.1 Å². The number of rotatable bonds is 4. The lowest BCUT2D eigenvalue weighted by Gasteiger charge is -2.30. The van der Waals surface area contributed by atoms with Gasteiger partial charge in [0.2, 0.25) is 5.89 Å².